The van der Waals surface area contributed by atoms with Crippen LogP contribution in [0.4, 0.5) is 0 Å². The zero-order valence-corrected chi connectivity index (χ0v) is 10.6. The lowest BCUT2D eigenvalue weighted by Gasteiger charge is -2.12. The highest BCUT2D eigenvalue weighted by atomic mass is 35.5. The molecule has 0 aliphatic rings. The van der Waals surface area contributed by atoms with Gasteiger partial charge in [0.1, 0.15) is 5.75 Å². The van der Waals surface area contributed by atoms with Gasteiger partial charge in [-0.15, -0.1) is 0 Å². The van der Waals surface area contributed by atoms with Crippen LogP contribution in [0.2, 0.25) is 0 Å². The van der Waals surface area contributed by atoms with Gasteiger partial charge in [-0.25, -0.2) is 4.79 Å². The molecule has 5 heteroatoms. The molecule has 1 aromatic carbocycles. The van der Waals surface area contributed by atoms with Gasteiger partial charge in [-0.2, -0.15) is 0 Å². The maximum Gasteiger partial charge on any atom is 0.343 e. The van der Waals surface area contributed by atoms with Crippen molar-refractivity contribution in [1.82, 2.24) is 0 Å². The van der Waals surface area contributed by atoms with Crippen LogP contribution in [0.5, 0.6) is 5.75 Å². The molecule has 0 aliphatic heterocycles. The number of carbonyl (C=O) groups is 2. The molecule has 0 N–H and O–H groups in total. The standard InChI is InChI=1S/C12H13ClO4/c1-7-4-9(12(13)15)5-8(2)11(7)17-6-10(14)16-3/h4-5H,6H2,1-3H3. The van der Waals surface area contributed by atoms with Crippen molar-refractivity contribution in [3.05, 3.63) is 28.8 Å². The van der Waals surface area contributed by atoms with Crippen LogP contribution in [0, 0.1) is 13.8 Å². The van der Waals surface area contributed by atoms with Crippen molar-refractivity contribution in [2.24, 2.45) is 0 Å². The quantitative estimate of drug-likeness (QED) is 0.612. The Morgan fingerprint density at radius 2 is 1.76 bits per heavy atom. The van der Waals surface area contributed by atoms with E-state index in [1.807, 2.05) is 0 Å². The number of hydrogen-bond acceptors (Lipinski definition) is 4. The molecule has 0 bridgehead atoms. The maximum atomic E-state index is 11.0. The van der Waals surface area contributed by atoms with Gasteiger partial charge in [0.05, 0.1) is 7.11 Å². The lowest BCUT2D eigenvalue weighted by Crippen LogP contribution is -2.13. The van der Waals surface area contributed by atoms with Gasteiger partial charge in [0.25, 0.3) is 5.24 Å². The third kappa shape index (κ3) is 3.46. The van der Waals surface area contributed by atoms with Gasteiger partial charge in [0, 0.05) is 5.56 Å². The molecule has 0 heterocycles. The number of esters is 1. The summed E-state index contributed by atoms with van der Waals surface area (Å²) in [5, 5.41) is -0.518. The summed E-state index contributed by atoms with van der Waals surface area (Å²) in [5.41, 5.74) is 1.91. The first-order valence-corrected chi connectivity index (χ1v) is 5.34. The molecule has 0 fully saturated rings. The van der Waals surface area contributed by atoms with Crippen LogP contribution in [0.1, 0.15) is 21.5 Å². The van der Waals surface area contributed by atoms with Crippen molar-refractivity contribution in [2.75, 3.05) is 13.7 Å². The van der Waals surface area contributed by atoms with Crippen molar-refractivity contribution in [1.29, 1.82) is 0 Å². The molecule has 0 saturated carbocycles. The highest BCUT2D eigenvalue weighted by Crippen LogP contribution is 2.25. The summed E-state index contributed by atoms with van der Waals surface area (Å²) in [7, 11) is 1.29. The number of aryl methyl sites for hydroxylation is 2. The first-order valence-electron chi connectivity index (χ1n) is 4.96. The molecule has 0 saturated heterocycles. The number of benzene rings is 1. The number of halogens is 1. The Labute approximate surface area is 104 Å². The lowest BCUT2D eigenvalue weighted by molar-refractivity contribution is -0.142. The fourth-order valence-corrected chi connectivity index (χ4v) is 1.59. The van der Waals surface area contributed by atoms with E-state index in [9.17, 15) is 9.59 Å². The second kappa shape index (κ2) is 5.68. The molecule has 0 amide bonds. The second-order valence-corrected chi connectivity index (χ2v) is 3.92. The van der Waals surface area contributed by atoms with Crippen molar-refractivity contribution in [3.63, 3.8) is 0 Å². The Hall–Kier alpha value is -1.55. The zero-order chi connectivity index (χ0) is 13.0. The van der Waals surface area contributed by atoms with Crippen LogP contribution in [-0.2, 0) is 9.53 Å². The monoisotopic (exact) mass is 256 g/mol. The normalized spacial score (nSPS) is 9.88. The van der Waals surface area contributed by atoms with Crippen LogP contribution in [0.15, 0.2) is 12.1 Å². The average molecular weight is 257 g/mol. The SMILES string of the molecule is COC(=O)COc1c(C)cc(C(=O)Cl)cc1C. The Morgan fingerprint density at radius 1 is 1.24 bits per heavy atom. The van der Waals surface area contributed by atoms with Gasteiger partial charge in [0.2, 0.25) is 0 Å². The number of ether oxygens (including phenoxy) is 2. The summed E-state index contributed by atoms with van der Waals surface area (Å²) in [4.78, 5) is 22.0. The molecule has 0 radical (unpaired) electrons. The molecular formula is C12H13ClO4. The molecule has 0 aromatic heterocycles. The van der Waals surface area contributed by atoms with Crippen LogP contribution in [0.3, 0.4) is 0 Å². The van der Waals surface area contributed by atoms with E-state index in [1.54, 1.807) is 26.0 Å². The fourth-order valence-electron chi connectivity index (χ4n) is 1.48. The smallest absolute Gasteiger partial charge is 0.343 e. The van der Waals surface area contributed by atoms with E-state index in [2.05, 4.69) is 4.74 Å². The van der Waals surface area contributed by atoms with Crippen molar-refractivity contribution >= 4 is 22.8 Å². The van der Waals surface area contributed by atoms with Gasteiger partial charge in [0.15, 0.2) is 6.61 Å². The largest absolute Gasteiger partial charge is 0.481 e. The Balaban J connectivity index is 2.94. The van der Waals surface area contributed by atoms with Crippen LogP contribution < -0.4 is 4.74 Å². The molecule has 1 aromatic rings. The Kier molecular flexibility index (Phi) is 4.52. The predicted molar refractivity (Wildman–Crippen MR) is 63.6 cm³/mol. The number of methoxy groups -OCH3 is 1. The molecule has 0 aliphatic carbocycles. The summed E-state index contributed by atoms with van der Waals surface area (Å²) in [5.74, 6) is 0.110. The highest BCUT2D eigenvalue weighted by molar-refractivity contribution is 6.67. The molecule has 1 rings (SSSR count). The first-order chi connectivity index (χ1) is 7.95. The zero-order valence-electron chi connectivity index (χ0n) is 9.87. The van der Waals surface area contributed by atoms with Crippen molar-refractivity contribution in [2.45, 2.75) is 13.8 Å². The summed E-state index contributed by atoms with van der Waals surface area (Å²) in [6, 6.07) is 3.24. The maximum absolute atomic E-state index is 11.0. The summed E-state index contributed by atoms with van der Waals surface area (Å²) < 4.78 is 9.80. The molecule has 17 heavy (non-hydrogen) atoms. The van der Waals surface area contributed by atoms with Crippen LogP contribution in [-0.4, -0.2) is 24.9 Å². The van der Waals surface area contributed by atoms with E-state index in [1.165, 1.54) is 7.11 Å². The minimum absolute atomic E-state index is 0.160. The summed E-state index contributed by atoms with van der Waals surface area (Å²) >= 11 is 5.40. The second-order valence-electron chi connectivity index (χ2n) is 3.58. The predicted octanol–water partition coefficient (Wildman–Crippen LogP) is 2.23. The molecule has 0 atom stereocenters. The summed E-state index contributed by atoms with van der Waals surface area (Å²) in [6.07, 6.45) is 0. The first kappa shape index (κ1) is 13.5. The molecule has 0 spiro atoms. The minimum atomic E-state index is -0.518. The van der Waals surface area contributed by atoms with Crippen LogP contribution >= 0.6 is 11.6 Å². The number of carbonyl (C=O) groups excluding carboxylic acids is 2. The Bertz CT molecular complexity index is 431. The molecule has 4 nitrogen and oxygen atoms in total. The van der Waals surface area contributed by atoms with Gasteiger partial charge >= 0.3 is 5.97 Å². The third-order valence-electron chi connectivity index (χ3n) is 2.25. The molecule has 0 unspecified atom stereocenters. The van der Waals surface area contributed by atoms with Gasteiger partial charge < -0.3 is 9.47 Å². The van der Waals surface area contributed by atoms with E-state index < -0.39 is 11.2 Å². The highest BCUT2D eigenvalue weighted by Gasteiger charge is 2.11. The molecular weight excluding hydrogens is 244 g/mol. The summed E-state index contributed by atoms with van der Waals surface area (Å²) in [6.45, 7) is 3.40. The van der Waals surface area contributed by atoms with Crippen molar-refractivity contribution in [3.8, 4) is 5.75 Å². The van der Waals surface area contributed by atoms with Gasteiger partial charge in [-0.3, -0.25) is 4.79 Å². The lowest BCUT2D eigenvalue weighted by atomic mass is 10.1. The van der Waals surface area contributed by atoms with E-state index in [4.69, 9.17) is 16.3 Å². The van der Waals surface area contributed by atoms with Gasteiger partial charge in [-0.05, 0) is 48.7 Å². The van der Waals surface area contributed by atoms with E-state index in [0.717, 1.165) is 11.1 Å². The molecule has 92 valence electrons. The van der Waals surface area contributed by atoms with E-state index in [0.29, 0.717) is 11.3 Å². The van der Waals surface area contributed by atoms with Gasteiger partial charge in [-0.1, -0.05) is 0 Å². The average Bonchev–Trinajstić information content (AvgIpc) is 2.27. The van der Waals surface area contributed by atoms with E-state index >= 15 is 0 Å². The third-order valence-corrected chi connectivity index (χ3v) is 2.47. The van der Waals surface area contributed by atoms with E-state index in [-0.39, 0.29) is 6.61 Å². The topological polar surface area (TPSA) is 52.6 Å². The number of hydrogen-bond donors (Lipinski definition) is 0. The Morgan fingerprint density at radius 3 is 2.18 bits per heavy atom. The minimum Gasteiger partial charge on any atom is -0.481 e. The fraction of sp³-hybridized carbons (Fsp3) is 0.333. The van der Waals surface area contributed by atoms with Crippen molar-refractivity contribution < 1.29 is 19.1 Å². The van der Waals surface area contributed by atoms with Crippen LogP contribution in [0.25, 0.3) is 0 Å². The number of rotatable bonds is 4.